The van der Waals surface area contributed by atoms with Crippen molar-refractivity contribution in [3.05, 3.63) is 23.3 Å². The summed E-state index contributed by atoms with van der Waals surface area (Å²) in [5.74, 6) is 1.26. The van der Waals surface area contributed by atoms with Crippen molar-refractivity contribution in [1.29, 1.82) is 0 Å². The van der Waals surface area contributed by atoms with Crippen LogP contribution in [0.5, 0.6) is 0 Å². The lowest BCUT2D eigenvalue weighted by molar-refractivity contribution is -0.129. The molecule has 0 spiro atoms. The van der Waals surface area contributed by atoms with E-state index in [-0.39, 0.29) is 17.6 Å². The van der Waals surface area contributed by atoms with Crippen LogP contribution >= 0.6 is 0 Å². The van der Waals surface area contributed by atoms with Crippen LogP contribution in [-0.2, 0) is 27.8 Å². The lowest BCUT2D eigenvalue weighted by Crippen LogP contribution is -2.39. The number of nitrogens with zero attached hydrogens (tertiary/aromatic N) is 4. The molecule has 1 aromatic rings. The van der Waals surface area contributed by atoms with Crippen LogP contribution < -0.4 is 0 Å². The minimum Gasteiger partial charge on any atom is -0.338 e. The molecule has 0 atom stereocenters. The van der Waals surface area contributed by atoms with Gasteiger partial charge in [-0.05, 0) is 19.8 Å². The van der Waals surface area contributed by atoms with Crippen LogP contribution in [0.25, 0.3) is 0 Å². The molecule has 3 heterocycles. The van der Waals surface area contributed by atoms with Gasteiger partial charge in [-0.1, -0.05) is 0 Å². The third-order valence-corrected chi connectivity index (χ3v) is 6.86. The van der Waals surface area contributed by atoms with E-state index >= 15 is 0 Å². The van der Waals surface area contributed by atoms with Crippen LogP contribution in [-0.4, -0.2) is 58.9 Å². The van der Waals surface area contributed by atoms with Crippen molar-refractivity contribution in [3.63, 3.8) is 0 Å². The fourth-order valence-electron chi connectivity index (χ4n) is 3.37. The van der Waals surface area contributed by atoms with E-state index in [1.54, 1.807) is 23.1 Å². The number of piperidine rings is 1. The van der Waals surface area contributed by atoms with Crippen molar-refractivity contribution in [2.24, 2.45) is 0 Å². The number of sulfonamides is 1. The van der Waals surface area contributed by atoms with Crippen LogP contribution in [0.15, 0.2) is 6.20 Å². The van der Waals surface area contributed by atoms with Gasteiger partial charge in [-0.15, -0.1) is 0 Å². The second-order valence-corrected chi connectivity index (χ2v) is 8.72. The molecule has 1 amide bonds. The molecule has 1 saturated heterocycles. The Hall–Kier alpha value is -1.54. The van der Waals surface area contributed by atoms with Gasteiger partial charge in [0.15, 0.2) is 0 Å². The molecule has 0 radical (unpaired) electrons. The number of rotatable bonds is 3. The van der Waals surface area contributed by atoms with E-state index in [4.69, 9.17) is 4.98 Å². The molecule has 0 bridgehead atoms. The summed E-state index contributed by atoms with van der Waals surface area (Å²) in [5.41, 5.74) is 2.05. The molecule has 2 aliphatic heterocycles. The van der Waals surface area contributed by atoms with Crippen LogP contribution in [0.2, 0.25) is 0 Å². The summed E-state index contributed by atoms with van der Waals surface area (Å²) < 4.78 is 25.5. The Morgan fingerprint density at radius 1 is 1.29 bits per heavy atom. The zero-order valence-electron chi connectivity index (χ0n) is 14.2. The van der Waals surface area contributed by atoms with E-state index in [0.717, 1.165) is 36.3 Å². The molecule has 1 aromatic heterocycles. The van der Waals surface area contributed by atoms with Crippen LogP contribution in [0.4, 0.5) is 0 Å². The molecule has 132 valence electrons. The standard InChI is InChI=1S/C16H24N4O3S/c1-3-24(22,23)20-8-4-13(5-9-20)16-17-10-14-11-19(12(2)21)7-6-15(14)18-16/h10,13H,3-9,11H2,1-2H3. The van der Waals surface area contributed by atoms with Crippen LogP contribution in [0.3, 0.4) is 0 Å². The Kier molecular flexibility index (Phi) is 4.87. The van der Waals surface area contributed by atoms with E-state index in [1.165, 1.54) is 0 Å². The summed E-state index contributed by atoms with van der Waals surface area (Å²) >= 11 is 0. The number of carbonyl (C=O) groups is 1. The van der Waals surface area contributed by atoms with Crippen LogP contribution in [0.1, 0.15) is 49.7 Å². The normalized spacial score (nSPS) is 20.0. The number of aromatic nitrogens is 2. The first-order valence-electron chi connectivity index (χ1n) is 8.48. The molecule has 7 nitrogen and oxygen atoms in total. The third-order valence-electron chi connectivity index (χ3n) is 4.98. The van der Waals surface area contributed by atoms with Crippen molar-refractivity contribution in [2.75, 3.05) is 25.4 Å². The lowest BCUT2D eigenvalue weighted by atomic mass is 9.96. The first kappa shape index (κ1) is 17.3. The van der Waals surface area contributed by atoms with E-state index in [9.17, 15) is 13.2 Å². The van der Waals surface area contributed by atoms with E-state index in [2.05, 4.69) is 4.98 Å². The van der Waals surface area contributed by atoms with Gasteiger partial charge in [-0.3, -0.25) is 4.79 Å². The molecule has 2 aliphatic rings. The molecule has 0 unspecified atom stereocenters. The number of carbonyl (C=O) groups excluding carboxylic acids is 1. The summed E-state index contributed by atoms with van der Waals surface area (Å²) in [6.07, 6.45) is 4.12. The predicted molar refractivity (Wildman–Crippen MR) is 89.8 cm³/mol. The first-order chi connectivity index (χ1) is 11.4. The van der Waals surface area contributed by atoms with Gasteiger partial charge in [-0.25, -0.2) is 22.7 Å². The maximum Gasteiger partial charge on any atom is 0.219 e. The van der Waals surface area contributed by atoms with Crippen molar-refractivity contribution in [3.8, 4) is 0 Å². The fraction of sp³-hybridized carbons (Fsp3) is 0.688. The Balaban J connectivity index is 1.69. The molecule has 8 heteroatoms. The molecule has 0 aliphatic carbocycles. The van der Waals surface area contributed by atoms with E-state index in [1.807, 2.05) is 6.20 Å². The fourth-order valence-corrected chi connectivity index (χ4v) is 4.50. The quantitative estimate of drug-likeness (QED) is 0.807. The Morgan fingerprint density at radius 2 is 2.00 bits per heavy atom. The Bertz CT molecular complexity index is 727. The lowest BCUT2D eigenvalue weighted by Gasteiger charge is -2.31. The van der Waals surface area contributed by atoms with Gasteiger partial charge < -0.3 is 4.90 Å². The number of hydrogen-bond donors (Lipinski definition) is 0. The van der Waals surface area contributed by atoms with Crippen molar-refractivity contribution in [2.45, 2.75) is 45.6 Å². The van der Waals surface area contributed by atoms with Gasteiger partial charge in [0.1, 0.15) is 5.82 Å². The van der Waals surface area contributed by atoms with E-state index in [0.29, 0.717) is 26.2 Å². The van der Waals surface area contributed by atoms with Crippen LogP contribution in [0, 0.1) is 0 Å². The monoisotopic (exact) mass is 352 g/mol. The predicted octanol–water partition coefficient (Wildman–Crippen LogP) is 0.910. The van der Waals surface area contributed by atoms with Gasteiger partial charge in [-0.2, -0.15) is 0 Å². The van der Waals surface area contributed by atoms with E-state index < -0.39 is 10.0 Å². The summed E-state index contributed by atoms with van der Waals surface area (Å²) in [6.45, 7) is 5.62. The van der Waals surface area contributed by atoms with Gasteiger partial charge >= 0.3 is 0 Å². The minimum atomic E-state index is -3.10. The van der Waals surface area contributed by atoms with Crippen molar-refractivity contribution in [1.82, 2.24) is 19.2 Å². The molecule has 0 saturated carbocycles. The molecule has 0 N–H and O–H groups in total. The average Bonchev–Trinajstić information content (AvgIpc) is 2.60. The van der Waals surface area contributed by atoms with Gasteiger partial charge in [0.2, 0.25) is 15.9 Å². The molecule has 3 rings (SSSR count). The highest BCUT2D eigenvalue weighted by Gasteiger charge is 2.29. The number of hydrogen-bond acceptors (Lipinski definition) is 5. The maximum atomic E-state index is 11.9. The minimum absolute atomic E-state index is 0.0780. The summed E-state index contributed by atoms with van der Waals surface area (Å²) in [7, 11) is -3.10. The summed E-state index contributed by atoms with van der Waals surface area (Å²) in [4.78, 5) is 22.5. The average molecular weight is 352 g/mol. The highest BCUT2D eigenvalue weighted by atomic mass is 32.2. The molecule has 1 fully saturated rings. The third kappa shape index (κ3) is 3.44. The number of amides is 1. The SMILES string of the molecule is CCS(=O)(=O)N1CCC(c2ncc3c(n2)CCN(C(C)=O)C3)CC1. The first-order valence-corrected chi connectivity index (χ1v) is 10.1. The summed E-state index contributed by atoms with van der Waals surface area (Å²) in [6, 6.07) is 0. The molecule has 0 aromatic carbocycles. The van der Waals surface area contributed by atoms with Gasteiger partial charge in [0, 0.05) is 57.2 Å². The number of fused-ring (bicyclic) bond motifs is 1. The highest BCUT2D eigenvalue weighted by Crippen LogP contribution is 2.28. The van der Waals surface area contributed by atoms with Gasteiger partial charge in [0.05, 0.1) is 11.4 Å². The topological polar surface area (TPSA) is 83.5 Å². The second-order valence-electron chi connectivity index (χ2n) is 6.46. The largest absolute Gasteiger partial charge is 0.338 e. The molecule has 24 heavy (non-hydrogen) atoms. The van der Waals surface area contributed by atoms with Gasteiger partial charge in [0.25, 0.3) is 0 Å². The Labute approximate surface area is 143 Å². The zero-order chi connectivity index (χ0) is 17.3. The highest BCUT2D eigenvalue weighted by molar-refractivity contribution is 7.89. The van der Waals surface area contributed by atoms with Crippen molar-refractivity contribution >= 4 is 15.9 Å². The molecular formula is C16H24N4O3S. The molecular weight excluding hydrogens is 328 g/mol. The summed E-state index contributed by atoms with van der Waals surface area (Å²) in [5, 5.41) is 0. The second kappa shape index (κ2) is 6.76. The zero-order valence-corrected chi connectivity index (χ0v) is 15.0. The maximum absolute atomic E-state index is 11.9. The smallest absolute Gasteiger partial charge is 0.219 e. The van der Waals surface area contributed by atoms with Crippen molar-refractivity contribution < 1.29 is 13.2 Å². The Morgan fingerprint density at radius 3 is 2.62 bits per heavy atom.